The van der Waals surface area contributed by atoms with Crippen molar-refractivity contribution in [2.24, 2.45) is 23.7 Å². The van der Waals surface area contributed by atoms with E-state index in [2.05, 4.69) is 24.0 Å². The van der Waals surface area contributed by atoms with Gasteiger partial charge in [0.15, 0.2) is 0 Å². The highest BCUT2D eigenvalue weighted by molar-refractivity contribution is 7.99. The van der Waals surface area contributed by atoms with E-state index in [-0.39, 0.29) is 0 Å². The van der Waals surface area contributed by atoms with E-state index in [1.165, 1.54) is 37.3 Å². The van der Waals surface area contributed by atoms with Crippen molar-refractivity contribution in [3.63, 3.8) is 0 Å². The first-order chi connectivity index (χ1) is 8.86. The molecule has 18 heavy (non-hydrogen) atoms. The molecule has 5 unspecified atom stereocenters. The van der Waals surface area contributed by atoms with Crippen molar-refractivity contribution < 1.29 is 0 Å². The summed E-state index contributed by atoms with van der Waals surface area (Å²) in [6.45, 7) is 3.53. The predicted octanol–water partition coefficient (Wildman–Crippen LogP) is 3.93. The molecule has 104 valence electrons. The van der Waals surface area contributed by atoms with Gasteiger partial charge >= 0.3 is 0 Å². The number of nitrogens with one attached hydrogen (secondary N) is 1. The van der Waals surface area contributed by atoms with Crippen molar-refractivity contribution >= 4 is 11.8 Å². The van der Waals surface area contributed by atoms with Crippen molar-refractivity contribution in [3.8, 4) is 0 Å². The third-order valence-corrected chi connectivity index (χ3v) is 6.82. The third-order valence-electron chi connectivity index (χ3n) is 5.63. The average molecular weight is 267 g/mol. The molecular formula is C16H29NS. The van der Waals surface area contributed by atoms with Crippen molar-refractivity contribution in [2.45, 2.75) is 57.9 Å². The Morgan fingerprint density at radius 3 is 2.78 bits per heavy atom. The molecule has 0 amide bonds. The van der Waals surface area contributed by atoms with E-state index in [0.29, 0.717) is 0 Å². The fraction of sp³-hybridized carbons (Fsp3) is 1.00. The van der Waals surface area contributed by atoms with E-state index in [1.807, 2.05) is 0 Å². The van der Waals surface area contributed by atoms with Gasteiger partial charge in [0, 0.05) is 6.04 Å². The van der Waals surface area contributed by atoms with Crippen LogP contribution in [0.4, 0.5) is 0 Å². The molecule has 5 atom stereocenters. The Kier molecular flexibility index (Phi) is 4.56. The van der Waals surface area contributed by atoms with E-state index >= 15 is 0 Å². The van der Waals surface area contributed by atoms with Gasteiger partial charge in [0.05, 0.1) is 0 Å². The summed E-state index contributed by atoms with van der Waals surface area (Å²) in [5.41, 5.74) is 0. The van der Waals surface area contributed by atoms with Gasteiger partial charge in [0.25, 0.3) is 0 Å². The Morgan fingerprint density at radius 2 is 2.17 bits per heavy atom. The highest BCUT2D eigenvalue weighted by atomic mass is 32.2. The molecule has 0 radical (unpaired) electrons. The number of hydrogen-bond acceptors (Lipinski definition) is 2. The van der Waals surface area contributed by atoms with Crippen molar-refractivity contribution in [2.75, 3.05) is 18.1 Å². The van der Waals surface area contributed by atoms with Gasteiger partial charge in [-0.3, -0.25) is 0 Å². The van der Waals surface area contributed by atoms with Crippen LogP contribution in [0.15, 0.2) is 0 Å². The number of hydrogen-bond donors (Lipinski definition) is 1. The lowest BCUT2D eigenvalue weighted by Gasteiger charge is -2.30. The molecular weight excluding hydrogens is 238 g/mol. The lowest BCUT2D eigenvalue weighted by atomic mass is 9.81. The first kappa shape index (κ1) is 13.3. The summed E-state index contributed by atoms with van der Waals surface area (Å²) in [5.74, 6) is 7.09. The van der Waals surface area contributed by atoms with Crippen molar-refractivity contribution in [3.05, 3.63) is 0 Å². The molecule has 1 nitrogen and oxygen atoms in total. The van der Waals surface area contributed by atoms with E-state index in [0.717, 1.165) is 29.7 Å². The third kappa shape index (κ3) is 2.90. The highest BCUT2D eigenvalue weighted by Crippen LogP contribution is 2.50. The summed E-state index contributed by atoms with van der Waals surface area (Å²) in [6.07, 6.45) is 10.5. The summed E-state index contributed by atoms with van der Waals surface area (Å²) in [4.78, 5) is 0. The van der Waals surface area contributed by atoms with Crippen LogP contribution in [0.2, 0.25) is 0 Å². The van der Waals surface area contributed by atoms with Crippen LogP contribution in [0.1, 0.15) is 51.9 Å². The van der Waals surface area contributed by atoms with E-state index in [9.17, 15) is 0 Å². The maximum atomic E-state index is 3.88. The van der Waals surface area contributed by atoms with Crippen molar-refractivity contribution in [1.29, 1.82) is 0 Å². The summed E-state index contributed by atoms with van der Waals surface area (Å²) < 4.78 is 0. The maximum Gasteiger partial charge on any atom is 0.0106 e. The molecule has 0 aromatic carbocycles. The van der Waals surface area contributed by atoms with Crippen LogP contribution in [-0.4, -0.2) is 24.1 Å². The quantitative estimate of drug-likeness (QED) is 0.782. The second-order valence-electron chi connectivity index (χ2n) is 6.85. The normalized spacial score (nSPS) is 40.5. The predicted molar refractivity (Wildman–Crippen MR) is 81.1 cm³/mol. The topological polar surface area (TPSA) is 12.0 Å². The first-order valence-electron chi connectivity index (χ1n) is 8.18. The van der Waals surface area contributed by atoms with E-state index in [4.69, 9.17) is 0 Å². The molecule has 2 aliphatic carbocycles. The molecule has 2 saturated carbocycles. The molecule has 0 aromatic rings. The zero-order valence-electron chi connectivity index (χ0n) is 11.9. The molecule has 3 fully saturated rings. The molecule has 0 spiro atoms. The molecule has 1 aliphatic heterocycles. The minimum Gasteiger partial charge on any atom is -0.314 e. The van der Waals surface area contributed by atoms with Crippen LogP contribution >= 0.6 is 11.8 Å². The second-order valence-corrected chi connectivity index (χ2v) is 8.00. The summed E-state index contributed by atoms with van der Waals surface area (Å²) in [7, 11) is 0. The van der Waals surface area contributed by atoms with Crippen LogP contribution in [0.5, 0.6) is 0 Å². The average Bonchev–Trinajstić information content (AvgIpc) is 3.09. The minimum absolute atomic E-state index is 0.837. The monoisotopic (exact) mass is 267 g/mol. The molecule has 2 heteroatoms. The van der Waals surface area contributed by atoms with Crippen LogP contribution < -0.4 is 5.32 Å². The van der Waals surface area contributed by atoms with Crippen LogP contribution in [0, 0.1) is 23.7 Å². The summed E-state index contributed by atoms with van der Waals surface area (Å²) in [6, 6.07) is 0.837. The first-order valence-corrected chi connectivity index (χ1v) is 9.33. The maximum absolute atomic E-state index is 3.88. The zero-order chi connectivity index (χ0) is 12.4. The summed E-state index contributed by atoms with van der Waals surface area (Å²) in [5, 5.41) is 3.88. The molecule has 1 heterocycles. The van der Waals surface area contributed by atoms with Crippen LogP contribution in [0.25, 0.3) is 0 Å². The number of fused-ring (bicyclic) bond motifs is 2. The Morgan fingerprint density at radius 1 is 1.22 bits per heavy atom. The SMILES string of the molecule is CCCNC(CC1CC2CCC1C2)C1CCSC1. The Balaban J connectivity index is 1.54. The molecule has 0 aromatic heterocycles. The van der Waals surface area contributed by atoms with Gasteiger partial charge in [-0.15, -0.1) is 0 Å². The van der Waals surface area contributed by atoms with Gasteiger partial charge in [-0.25, -0.2) is 0 Å². The van der Waals surface area contributed by atoms with E-state index < -0.39 is 0 Å². The molecule has 1 saturated heterocycles. The van der Waals surface area contributed by atoms with Crippen LogP contribution in [-0.2, 0) is 0 Å². The fourth-order valence-electron chi connectivity index (χ4n) is 4.63. The zero-order valence-corrected chi connectivity index (χ0v) is 12.7. The van der Waals surface area contributed by atoms with Gasteiger partial charge in [0.1, 0.15) is 0 Å². The molecule has 1 N–H and O–H groups in total. The largest absolute Gasteiger partial charge is 0.314 e. The fourth-order valence-corrected chi connectivity index (χ4v) is 5.97. The lowest BCUT2D eigenvalue weighted by Crippen LogP contribution is -2.39. The minimum atomic E-state index is 0.837. The summed E-state index contributed by atoms with van der Waals surface area (Å²) >= 11 is 2.18. The Labute approximate surface area is 117 Å². The van der Waals surface area contributed by atoms with Gasteiger partial charge in [0.2, 0.25) is 0 Å². The van der Waals surface area contributed by atoms with Gasteiger partial charge < -0.3 is 5.32 Å². The highest BCUT2D eigenvalue weighted by Gasteiger charge is 2.41. The van der Waals surface area contributed by atoms with Crippen molar-refractivity contribution in [1.82, 2.24) is 5.32 Å². The second kappa shape index (κ2) is 6.17. The standard InChI is InChI=1S/C16H29NS/c1-2-6-17-16(14-5-7-18-11-14)10-15-9-12-3-4-13(15)8-12/h12-17H,2-11H2,1H3. The van der Waals surface area contributed by atoms with Gasteiger partial charge in [-0.05, 0) is 80.2 Å². The van der Waals surface area contributed by atoms with Gasteiger partial charge in [-0.1, -0.05) is 13.3 Å². The van der Waals surface area contributed by atoms with E-state index in [1.54, 1.807) is 25.7 Å². The Bertz CT molecular complexity index is 262. The van der Waals surface area contributed by atoms with Crippen LogP contribution in [0.3, 0.4) is 0 Å². The number of rotatable bonds is 6. The molecule has 3 rings (SSSR count). The lowest BCUT2D eigenvalue weighted by molar-refractivity contribution is 0.245. The Hall–Kier alpha value is 0.310. The smallest absolute Gasteiger partial charge is 0.0106 e. The molecule has 2 bridgehead atoms. The number of thioether (sulfide) groups is 1. The molecule has 3 aliphatic rings. The van der Waals surface area contributed by atoms with Gasteiger partial charge in [-0.2, -0.15) is 11.8 Å².